The molecule has 0 aromatic rings. The van der Waals surface area contributed by atoms with Gasteiger partial charge in [-0.2, -0.15) is 0 Å². The van der Waals surface area contributed by atoms with E-state index in [4.69, 9.17) is 5.73 Å². The molecule has 1 aliphatic carbocycles. The standard InChI is InChI=1S/C14H29N3O/c1-10(2)13(9-17(3)4)16-14(18)11-7-5-6-8-12(11)15/h10-13H,5-9,15H2,1-4H3,(H,16,18). The number of likely N-dealkylation sites (N-methyl/N-ethyl adjacent to an activating group) is 1. The number of amides is 1. The number of carbonyl (C=O) groups is 1. The molecule has 1 rings (SSSR count). The summed E-state index contributed by atoms with van der Waals surface area (Å²) in [4.78, 5) is 14.4. The van der Waals surface area contributed by atoms with Gasteiger partial charge in [0.25, 0.3) is 0 Å². The van der Waals surface area contributed by atoms with Gasteiger partial charge >= 0.3 is 0 Å². The highest BCUT2D eigenvalue weighted by Crippen LogP contribution is 2.23. The van der Waals surface area contributed by atoms with Crippen molar-refractivity contribution in [1.82, 2.24) is 10.2 Å². The minimum absolute atomic E-state index is 0.0159. The van der Waals surface area contributed by atoms with E-state index in [1.165, 1.54) is 0 Å². The van der Waals surface area contributed by atoms with Gasteiger partial charge < -0.3 is 16.0 Å². The molecule has 1 amide bonds. The molecule has 0 heterocycles. The van der Waals surface area contributed by atoms with Gasteiger partial charge in [-0.25, -0.2) is 0 Å². The van der Waals surface area contributed by atoms with E-state index < -0.39 is 0 Å². The first-order valence-electron chi connectivity index (χ1n) is 7.12. The van der Waals surface area contributed by atoms with Gasteiger partial charge in [-0.3, -0.25) is 4.79 Å². The predicted octanol–water partition coefficient (Wildman–Crippen LogP) is 1.21. The molecule has 106 valence electrons. The molecule has 1 fully saturated rings. The average Bonchev–Trinajstić information content (AvgIpc) is 2.27. The second-order valence-electron chi connectivity index (χ2n) is 6.18. The summed E-state index contributed by atoms with van der Waals surface area (Å²) in [5.74, 6) is 0.612. The fourth-order valence-electron chi connectivity index (χ4n) is 2.59. The molecule has 3 N–H and O–H groups in total. The first-order chi connectivity index (χ1) is 8.41. The third kappa shape index (κ3) is 4.58. The fourth-order valence-corrected chi connectivity index (χ4v) is 2.59. The summed E-state index contributed by atoms with van der Waals surface area (Å²) in [5, 5.41) is 3.19. The molecule has 0 spiro atoms. The lowest BCUT2D eigenvalue weighted by Crippen LogP contribution is -2.51. The maximum absolute atomic E-state index is 12.3. The molecule has 18 heavy (non-hydrogen) atoms. The second kappa shape index (κ2) is 7.10. The highest BCUT2D eigenvalue weighted by atomic mass is 16.2. The first-order valence-corrected chi connectivity index (χ1v) is 7.12. The lowest BCUT2D eigenvalue weighted by atomic mass is 9.84. The SMILES string of the molecule is CC(C)C(CN(C)C)NC(=O)C1CCCCC1N. The summed E-state index contributed by atoms with van der Waals surface area (Å²) in [6, 6.07) is 0.257. The quantitative estimate of drug-likeness (QED) is 0.776. The van der Waals surface area contributed by atoms with Crippen LogP contribution in [0.4, 0.5) is 0 Å². The Bertz CT molecular complexity index is 266. The lowest BCUT2D eigenvalue weighted by Gasteiger charge is -2.31. The van der Waals surface area contributed by atoms with Crippen LogP contribution in [-0.2, 0) is 4.79 Å². The Balaban J connectivity index is 2.54. The maximum atomic E-state index is 12.3. The van der Waals surface area contributed by atoms with E-state index in [0.29, 0.717) is 5.92 Å². The van der Waals surface area contributed by atoms with Crippen LogP contribution in [0.15, 0.2) is 0 Å². The van der Waals surface area contributed by atoms with Crippen LogP contribution in [0.2, 0.25) is 0 Å². The molecule has 0 aromatic heterocycles. The van der Waals surface area contributed by atoms with Crippen LogP contribution >= 0.6 is 0 Å². The minimum Gasteiger partial charge on any atom is -0.352 e. The van der Waals surface area contributed by atoms with Crippen LogP contribution in [-0.4, -0.2) is 43.5 Å². The highest BCUT2D eigenvalue weighted by molar-refractivity contribution is 5.79. The van der Waals surface area contributed by atoms with Crippen molar-refractivity contribution in [3.05, 3.63) is 0 Å². The molecule has 0 aromatic carbocycles. The Morgan fingerprint density at radius 1 is 1.33 bits per heavy atom. The molecule has 4 heteroatoms. The summed E-state index contributed by atoms with van der Waals surface area (Å²) in [6.07, 6.45) is 4.22. The van der Waals surface area contributed by atoms with Crippen LogP contribution in [0, 0.1) is 11.8 Å². The van der Waals surface area contributed by atoms with Crippen molar-refractivity contribution < 1.29 is 4.79 Å². The molecule has 3 unspecified atom stereocenters. The third-order valence-corrected chi connectivity index (χ3v) is 3.85. The molecular formula is C14H29N3O. The maximum Gasteiger partial charge on any atom is 0.224 e. The van der Waals surface area contributed by atoms with E-state index in [0.717, 1.165) is 32.2 Å². The molecule has 0 bridgehead atoms. The van der Waals surface area contributed by atoms with Crippen molar-refractivity contribution in [2.24, 2.45) is 17.6 Å². The molecule has 0 radical (unpaired) electrons. The van der Waals surface area contributed by atoms with Gasteiger partial charge in [0.05, 0.1) is 5.92 Å². The van der Waals surface area contributed by atoms with Crippen molar-refractivity contribution in [3.63, 3.8) is 0 Å². The molecule has 0 saturated heterocycles. The number of nitrogens with zero attached hydrogens (tertiary/aromatic N) is 1. The molecular weight excluding hydrogens is 226 g/mol. The average molecular weight is 255 g/mol. The Kier molecular flexibility index (Phi) is 6.09. The van der Waals surface area contributed by atoms with Gasteiger partial charge in [-0.1, -0.05) is 26.7 Å². The van der Waals surface area contributed by atoms with Crippen LogP contribution in [0.25, 0.3) is 0 Å². The van der Waals surface area contributed by atoms with Crippen molar-refractivity contribution >= 4 is 5.91 Å². The molecule has 0 aliphatic heterocycles. The van der Waals surface area contributed by atoms with Crippen LogP contribution < -0.4 is 11.1 Å². The van der Waals surface area contributed by atoms with E-state index in [-0.39, 0.29) is 23.9 Å². The lowest BCUT2D eigenvalue weighted by molar-refractivity contribution is -0.127. The topological polar surface area (TPSA) is 58.4 Å². The summed E-state index contributed by atoms with van der Waals surface area (Å²) >= 11 is 0. The van der Waals surface area contributed by atoms with Gasteiger partial charge in [0.2, 0.25) is 5.91 Å². The Hall–Kier alpha value is -0.610. The van der Waals surface area contributed by atoms with E-state index in [9.17, 15) is 4.79 Å². The zero-order valence-corrected chi connectivity index (χ0v) is 12.3. The Morgan fingerprint density at radius 3 is 2.44 bits per heavy atom. The Morgan fingerprint density at radius 2 is 1.94 bits per heavy atom. The third-order valence-electron chi connectivity index (χ3n) is 3.85. The zero-order chi connectivity index (χ0) is 13.7. The van der Waals surface area contributed by atoms with Crippen LogP contribution in [0.1, 0.15) is 39.5 Å². The Labute approximate surface area is 111 Å². The number of hydrogen-bond donors (Lipinski definition) is 2. The first kappa shape index (κ1) is 15.4. The molecule has 1 saturated carbocycles. The van der Waals surface area contributed by atoms with Gasteiger partial charge in [-0.15, -0.1) is 0 Å². The van der Waals surface area contributed by atoms with E-state index in [1.54, 1.807) is 0 Å². The number of rotatable bonds is 5. The number of nitrogens with two attached hydrogens (primary N) is 1. The van der Waals surface area contributed by atoms with Crippen LogP contribution in [0.3, 0.4) is 0 Å². The normalized spacial score (nSPS) is 26.4. The van der Waals surface area contributed by atoms with Crippen molar-refractivity contribution in [2.75, 3.05) is 20.6 Å². The summed E-state index contributed by atoms with van der Waals surface area (Å²) in [6.45, 7) is 5.18. The second-order valence-corrected chi connectivity index (χ2v) is 6.18. The van der Waals surface area contributed by atoms with Crippen molar-refractivity contribution in [3.8, 4) is 0 Å². The minimum atomic E-state index is 0.0159. The predicted molar refractivity (Wildman–Crippen MR) is 75.3 cm³/mol. The number of nitrogens with one attached hydrogen (secondary N) is 1. The number of hydrogen-bond acceptors (Lipinski definition) is 3. The summed E-state index contributed by atoms with van der Waals surface area (Å²) in [7, 11) is 4.07. The summed E-state index contributed by atoms with van der Waals surface area (Å²) < 4.78 is 0. The smallest absolute Gasteiger partial charge is 0.224 e. The highest BCUT2D eigenvalue weighted by Gasteiger charge is 2.30. The number of carbonyl (C=O) groups excluding carboxylic acids is 1. The van der Waals surface area contributed by atoms with Crippen LogP contribution in [0.5, 0.6) is 0 Å². The van der Waals surface area contributed by atoms with E-state index in [2.05, 4.69) is 24.1 Å². The fraction of sp³-hybridized carbons (Fsp3) is 0.929. The monoisotopic (exact) mass is 255 g/mol. The van der Waals surface area contributed by atoms with Gasteiger partial charge in [0.1, 0.15) is 0 Å². The van der Waals surface area contributed by atoms with Crippen molar-refractivity contribution in [1.29, 1.82) is 0 Å². The molecule has 1 aliphatic rings. The van der Waals surface area contributed by atoms with E-state index in [1.807, 2.05) is 14.1 Å². The van der Waals surface area contributed by atoms with Crippen molar-refractivity contribution in [2.45, 2.75) is 51.6 Å². The molecule has 3 atom stereocenters. The van der Waals surface area contributed by atoms with Gasteiger partial charge in [0, 0.05) is 18.6 Å². The van der Waals surface area contributed by atoms with Gasteiger partial charge in [0.15, 0.2) is 0 Å². The van der Waals surface area contributed by atoms with E-state index >= 15 is 0 Å². The zero-order valence-electron chi connectivity index (χ0n) is 12.3. The summed E-state index contributed by atoms with van der Waals surface area (Å²) in [5.41, 5.74) is 6.06. The largest absolute Gasteiger partial charge is 0.352 e. The molecule has 4 nitrogen and oxygen atoms in total. The van der Waals surface area contributed by atoms with Gasteiger partial charge in [-0.05, 0) is 32.9 Å².